The standard InChI is InChI=1S/C22H18F5N3O3S/c1-11(28-33)14-8-30(9-18(31)29-5-4-13(23)7-29)21(32)19-15(10-34-20(14)19)12-2-3-17(24)16(6-12)22(25,26)27/h2-3,6,8,10,13,33H,4-5,7,9H2,1H3. The summed E-state index contributed by atoms with van der Waals surface area (Å²) in [6.45, 7) is 1.15. The van der Waals surface area contributed by atoms with E-state index < -0.39 is 41.7 Å². The van der Waals surface area contributed by atoms with Crippen LogP contribution in [0.5, 0.6) is 0 Å². The third-order valence-corrected chi connectivity index (χ3v) is 6.72. The van der Waals surface area contributed by atoms with Gasteiger partial charge in [0.05, 0.1) is 27.9 Å². The van der Waals surface area contributed by atoms with Gasteiger partial charge in [-0.25, -0.2) is 8.78 Å². The quantitative estimate of drug-likeness (QED) is 0.246. The van der Waals surface area contributed by atoms with Crippen LogP contribution in [0.25, 0.3) is 21.2 Å². The monoisotopic (exact) mass is 499 g/mol. The van der Waals surface area contributed by atoms with E-state index in [0.717, 1.165) is 22.0 Å². The van der Waals surface area contributed by atoms with Crippen molar-refractivity contribution in [3.05, 3.63) is 57.1 Å². The summed E-state index contributed by atoms with van der Waals surface area (Å²) in [5.74, 6) is -1.94. The maximum atomic E-state index is 13.8. The Kier molecular flexibility index (Phi) is 6.19. The molecular weight excluding hydrogens is 481 g/mol. The summed E-state index contributed by atoms with van der Waals surface area (Å²) >= 11 is 1.04. The number of halogens is 5. The van der Waals surface area contributed by atoms with Crippen LogP contribution in [0.4, 0.5) is 22.0 Å². The predicted molar refractivity (Wildman–Crippen MR) is 117 cm³/mol. The number of alkyl halides is 4. The van der Waals surface area contributed by atoms with Crippen molar-refractivity contribution >= 4 is 33.0 Å². The van der Waals surface area contributed by atoms with Crippen LogP contribution in [0.2, 0.25) is 0 Å². The summed E-state index contributed by atoms with van der Waals surface area (Å²) in [7, 11) is 0. The summed E-state index contributed by atoms with van der Waals surface area (Å²) in [6, 6.07) is 2.43. The maximum Gasteiger partial charge on any atom is 0.419 e. The summed E-state index contributed by atoms with van der Waals surface area (Å²) in [5.41, 5.74) is -1.65. The lowest BCUT2D eigenvalue weighted by Crippen LogP contribution is -2.35. The minimum atomic E-state index is -4.94. The van der Waals surface area contributed by atoms with Crippen molar-refractivity contribution in [1.82, 2.24) is 9.47 Å². The molecule has 1 aromatic carbocycles. The Balaban J connectivity index is 1.89. The van der Waals surface area contributed by atoms with Gasteiger partial charge in [0.25, 0.3) is 5.56 Å². The van der Waals surface area contributed by atoms with E-state index in [2.05, 4.69) is 5.16 Å². The Morgan fingerprint density at radius 2 is 2.06 bits per heavy atom. The molecule has 1 aliphatic rings. The number of amides is 1. The van der Waals surface area contributed by atoms with E-state index in [1.807, 2.05) is 0 Å². The molecule has 1 atom stereocenters. The molecule has 34 heavy (non-hydrogen) atoms. The molecule has 1 N–H and O–H groups in total. The number of oxime groups is 1. The Morgan fingerprint density at radius 3 is 2.68 bits per heavy atom. The molecule has 0 aliphatic carbocycles. The Labute approximate surface area is 193 Å². The molecule has 3 heterocycles. The highest BCUT2D eigenvalue weighted by Gasteiger charge is 2.34. The number of hydrogen-bond acceptors (Lipinski definition) is 5. The highest BCUT2D eigenvalue weighted by atomic mass is 32.1. The lowest BCUT2D eigenvalue weighted by molar-refractivity contribution is -0.140. The van der Waals surface area contributed by atoms with Crippen molar-refractivity contribution in [1.29, 1.82) is 0 Å². The van der Waals surface area contributed by atoms with Gasteiger partial charge in [-0.05, 0) is 31.0 Å². The molecule has 1 aliphatic heterocycles. The number of carbonyl (C=O) groups excluding carboxylic acids is 1. The van der Waals surface area contributed by atoms with E-state index in [0.29, 0.717) is 22.4 Å². The maximum absolute atomic E-state index is 13.8. The highest BCUT2D eigenvalue weighted by Crippen LogP contribution is 2.38. The van der Waals surface area contributed by atoms with Crippen LogP contribution in [-0.4, -0.2) is 45.6 Å². The second-order valence-electron chi connectivity index (χ2n) is 7.93. The lowest BCUT2D eigenvalue weighted by Gasteiger charge is -2.17. The second-order valence-corrected chi connectivity index (χ2v) is 8.81. The summed E-state index contributed by atoms with van der Waals surface area (Å²) in [4.78, 5) is 27.3. The minimum absolute atomic E-state index is 0.00261. The molecule has 12 heteroatoms. The largest absolute Gasteiger partial charge is 0.419 e. The van der Waals surface area contributed by atoms with Gasteiger partial charge < -0.3 is 14.7 Å². The Morgan fingerprint density at radius 1 is 1.32 bits per heavy atom. The van der Waals surface area contributed by atoms with Gasteiger partial charge in [-0.15, -0.1) is 11.3 Å². The topological polar surface area (TPSA) is 74.9 Å². The van der Waals surface area contributed by atoms with Crippen molar-refractivity contribution in [3.8, 4) is 11.1 Å². The van der Waals surface area contributed by atoms with E-state index >= 15 is 0 Å². The summed E-state index contributed by atoms with van der Waals surface area (Å²) < 4.78 is 68.4. The summed E-state index contributed by atoms with van der Waals surface area (Å²) in [6.07, 6.45) is -4.56. The van der Waals surface area contributed by atoms with Gasteiger partial charge in [-0.1, -0.05) is 11.2 Å². The molecule has 1 amide bonds. The number of nitrogens with zero attached hydrogens (tertiary/aromatic N) is 3. The average molecular weight is 499 g/mol. The third-order valence-electron chi connectivity index (χ3n) is 5.71. The zero-order chi connectivity index (χ0) is 24.8. The first kappa shape index (κ1) is 23.9. The zero-order valence-corrected chi connectivity index (χ0v) is 18.5. The van der Waals surface area contributed by atoms with Gasteiger partial charge >= 0.3 is 6.18 Å². The van der Waals surface area contributed by atoms with Crippen LogP contribution in [0.1, 0.15) is 24.5 Å². The molecule has 0 spiro atoms. The van der Waals surface area contributed by atoms with Crippen LogP contribution in [-0.2, 0) is 17.5 Å². The lowest BCUT2D eigenvalue weighted by atomic mass is 10.0. The van der Waals surface area contributed by atoms with E-state index in [-0.39, 0.29) is 41.7 Å². The van der Waals surface area contributed by atoms with Crippen LogP contribution in [0.15, 0.2) is 39.7 Å². The van der Waals surface area contributed by atoms with Crippen molar-refractivity contribution in [2.45, 2.75) is 32.2 Å². The molecule has 0 radical (unpaired) electrons. The van der Waals surface area contributed by atoms with Crippen molar-refractivity contribution in [2.75, 3.05) is 13.1 Å². The molecule has 180 valence electrons. The first-order chi connectivity index (χ1) is 16.0. The SMILES string of the molecule is CC(=NO)c1cn(CC(=O)N2CCC(F)C2)c(=O)c2c(-c3ccc(F)c(C(F)(F)F)c3)csc12. The van der Waals surface area contributed by atoms with Crippen LogP contribution >= 0.6 is 11.3 Å². The predicted octanol–water partition coefficient (Wildman–Crippen LogP) is 4.66. The van der Waals surface area contributed by atoms with Gasteiger partial charge in [0.1, 0.15) is 18.5 Å². The van der Waals surface area contributed by atoms with E-state index in [1.54, 1.807) is 0 Å². The van der Waals surface area contributed by atoms with E-state index in [4.69, 9.17) is 0 Å². The zero-order valence-electron chi connectivity index (χ0n) is 17.7. The number of benzene rings is 1. The number of aromatic nitrogens is 1. The van der Waals surface area contributed by atoms with Gasteiger partial charge in [0, 0.05) is 29.2 Å². The fourth-order valence-electron chi connectivity index (χ4n) is 3.93. The Hall–Kier alpha value is -3.28. The number of hydrogen-bond donors (Lipinski definition) is 1. The number of fused-ring (bicyclic) bond motifs is 1. The van der Waals surface area contributed by atoms with E-state index in [9.17, 15) is 36.7 Å². The summed E-state index contributed by atoms with van der Waals surface area (Å²) in [5, 5.41) is 13.9. The molecule has 4 rings (SSSR count). The van der Waals surface area contributed by atoms with Crippen molar-refractivity contribution in [3.63, 3.8) is 0 Å². The number of rotatable bonds is 4. The van der Waals surface area contributed by atoms with Crippen LogP contribution in [0.3, 0.4) is 0 Å². The van der Waals surface area contributed by atoms with Gasteiger partial charge in [-0.2, -0.15) is 13.2 Å². The third kappa shape index (κ3) is 4.29. The Bertz CT molecular complexity index is 1360. The normalized spacial score (nSPS) is 17.1. The molecule has 1 unspecified atom stereocenters. The molecule has 1 saturated heterocycles. The van der Waals surface area contributed by atoms with Crippen LogP contribution < -0.4 is 5.56 Å². The number of likely N-dealkylation sites (tertiary alicyclic amines) is 1. The minimum Gasteiger partial charge on any atom is -0.411 e. The second kappa shape index (κ2) is 8.82. The molecule has 0 saturated carbocycles. The molecule has 2 aromatic heterocycles. The van der Waals surface area contributed by atoms with Gasteiger partial charge in [-0.3, -0.25) is 9.59 Å². The van der Waals surface area contributed by atoms with Crippen LogP contribution in [0, 0.1) is 5.82 Å². The highest BCUT2D eigenvalue weighted by molar-refractivity contribution is 7.18. The fourth-order valence-corrected chi connectivity index (χ4v) is 5.06. The first-order valence-corrected chi connectivity index (χ1v) is 11.0. The van der Waals surface area contributed by atoms with Crippen molar-refractivity contribution in [2.24, 2.45) is 5.16 Å². The van der Waals surface area contributed by atoms with Crippen molar-refractivity contribution < 1.29 is 32.0 Å². The number of carbonyl (C=O) groups is 1. The molecule has 0 bridgehead atoms. The average Bonchev–Trinajstić information content (AvgIpc) is 3.41. The van der Waals surface area contributed by atoms with E-state index in [1.165, 1.54) is 23.4 Å². The molecule has 3 aromatic rings. The molecule has 6 nitrogen and oxygen atoms in total. The van der Waals surface area contributed by atoms with Gasteiger partial charge in [0.2, 0.25) is 5.91 Å². The molecule has 1 fully saturated rings. The van der Waals surface area contributed by atoms with Gasteiger partial charge in [0.15, 0.2) is 0 Å². The first-order valence-electron chi connectivity index (χ1n) is 10.1. The smallest absolute Gasteiger partial charge is 0.411 e. The number of pyridine rings is 1. The fraction of sp³-hybridized carbons (Fsp3) is 0.318. The molecular formula is C22H18F5N3O3S. The number of thiophene rings is 1.